The molecule has 0 spiro atoms. The molecule has 2 aromatic rings. The van der Waals surface area contributed by atoms with Gasteiger partial charge in [-0.2, -0.15) is 5.10 Å². The van der Waals surface area contributed by atoms with Gasteiger partial charge in [-0.3, -0.25) is 14.6 Å². The highest BCUT2D eigenvalue weighted by Crippen LogP contribution is 2.75. The first-order valence-corrected chi connectivity index (χ1v) is 21.1. The molecule has 56 heavy (non-hydrogen) atoms. The van der Waals surface area contributed by atoms with Gasteiger partial charge >= 0.3 is 5.97 Å². The number of allylic oxidation sites excluding steroid dienone is 1. The Morgan fingerprint density at radius 3 is 2.41 bits per heavy atom. The average Bonchev–Trinajstić information content (AvgIpc) is 3.60. The van der Waals surface area contributed by atoms with Crippen molar-refractivity contribution in [1.29, 1.82) is 0 Å². The molecule has 308 valence electrons. The van der Waals surface area contributed by atoms with Crippen LogP contribution in [0.3, 0.4) is 0 Å². The molecule has 11 nitrogen and oxygen atoms in total. The molecule has 1 amide bonds. The zero-order chi connectivity index (χ0) is 41.0. The van der Waals surface area contributed by atoms with Gasteiger partial charge in [0.15, 0.2) is 5.82 Å². The summed E-state index contributed by atoms with van der Waals surface area (Å²) in [5.41, 5.74) is 12.5. The number of primary amides is 1. The number of nitrogens with zero attached hydrogens (tertiary/aromatic N) is 4. The minimum absolute atomic E-state index is 0.210. The average molecular weight is 773 g/mol. The molecular weight excluding hydrogens is 705 g/mol. The molecule has 2 bridgehead atoms. The molecule has 0 aromatic carbocycles. The number of nitrogens with two attached hydrogens (primary N) is 2. The molecule has 3 saturated carbocycles. The largest absolute Gasteiger partial charge is 0.481 e. The smallest absolute Gasteiger partial charge is 0.307 e. The molecule has 7 rings (SSSR count). The number of aliphatic carboxylic acids is 1. The van der Waals surface area contributed by atoms with Crippen molar-refractivity contribution in [2.45, 2.75) is 132 Å². The van der Waals surface area contributed by atoms with E-state index in [2.05, 4.69) is 87.2 Å². The predicted octanol–water partition coefficient (Wildman–Crippen LogP) is 7.72. The first-order valence-electron chi connectivity index (χ1n) is 21.1. The van der Waals surface area contributed by atoms with Gasteiger partial charge in [-0.15, -0.1) is 0 Å². The lowest BCUT2D eigenvalue weighted by molar-refractivity contribution is -0.253. The van der Waals surface area contributed by atoms with Crippen LogP contribution in [-0.2, 0) is 14.3 Å². The van der Waals surface area contributed by atoms with Crippen molar-refractivity contribution in [1.82, 2.24) is 19.7 Å². The molecule has 1 saturated heterocycles. The second-order valence-electron chi connectivity index (χ2n) is 21.3. The van der Waals surface area contributed by atoms with E-state index in [1.54, 1.807) is 24.7 Å². The van der Waals surface area contributed by atoms with E-state index >= 15 is 0 Å². The highest BCUT2D eigenvalue weighted by atomic mass is 16.5. The van der Waals surface area contributed by atoms with Crippen molar-refractivity contribution >= 4 is 11.9 Å². The Bertz CT molecular complexity index is 1900. The molecular formula is C45H68N6O5. The van der Waals surface area contributed by atoms with Crippen LogP contribution < -0.4 is 11.5 Å². The topological polar surface area (TPSA) is 168 Å². The van der Waals surface area contributed by atoms with Crippen LogP contribution in [0.25, 0.3) is 11.5 Å². The number of hydrogen-bond donors (Lipinski definition) is 3. The van der Waals surface area contributed by atoms with Crippen molar-refractivity contribution in [2.24, 2.45) is 73.5 Å². The van der Waals surface area contributed by atoms with Crippen molar-refractivity contribution in [3.05, 3.63) is 41.9 Å². The number of carbonyl (C=O) groups excluding carboxylic acids is 1. The third-order valence-corrected chi connectivity index (χ3v) is 17.5. The SMILES string of the molecule is CC(C)[C@@H](C)[C@@]1(C)CC[C@]2(C)[C@H]3CC[C@@H]4[C@@]5(COC[C@@]4(C)[C@@H](OC[C@](C)(N)C(C)(C)C)[C@H](n4ncnc4-c4cc(C(N)=O)ccn4)C5)C3=CC[C@@]2(C)[C@@H]1C(=O)O. The number of ether oxygens (including phenoxy) is 2. The van der Waals surface area contributed by atoms with E-state index in [0.29, 0.717) is 49.2 Å². The first kappa shape index (κ1) is 41.0. The number of rotatable bonds is 9. The molecule has 3 heterocycles. The van der Waals surface area contributed by atoms with Gasteiger partial charge in [-0.1, -0.05) is 80.9 Å². The normalized spacial score (nSPS) is 39.7. The van der Waals surface area contributed by atoms with Crippen molar-refractivity contribution in [3.63, 3.8) is 0 Å². The van der Waals surface area contributed by atoms with Gasteiger partial charge in [0.2, 0.25) is 5.91 Å². The number of hydrogen-bond acceptors (Lipinski definition) is 8. The summed E-state index contributed by atoms with van der Waals surface area (Å²) in [6.45, 7) is 26.1. The Kier molecular flexibility index (Phi) is 9.85. The lowest BCUT2D eigenvalue weighted by Crippen LogP contribution is -2.69. The molecule has 5 N–H and O–H groups in total. The number of carboxylic acid groups (broad SMARTS) is 1. The highest BCUT2D eigenvalue weighted by Gasteiger charge is 2.72. The Morgan fingerprint density at radius 2 is 1.77 bits per heavy atom. The Labute approximate surface area is 334 Å². The van der Waals surface area contributed by atoms with Crippen molar-refractivity contribution < 1.29 is 24.2 Å². The maximum atomic E-state index is 13.6. The van der Waals surface area contributed by atoms with Crippen molar-refractivity contribution in [2.75, 3.05) is 19.8 Å². The van der Waals surface area contributed by atoms with E-state index in [-0.39, 0.29) is 51.6 Å². The molecule has 12 atom stereocenters. The fraction of sp³-hybridized carbons (Fsp3) is 0.756. The van der Waals surface area contributed by atoms with Gasteiger partial charge < -0.3 is 26.0 Å². The summed E-state index contributed by atoms with van der Waals surface area (Å²) in [5, 5.41) is 16.1. The van der Waals surface area contributed by atoms with Crippen LogP contribution in [0.1, 0.15) is 131 Å². The number of carboxylic acids is 1. The standard InChI is InChI=1S/C45H68N6O5/c1-26(2)27(3)40(7)17-18-42(9)29-12-13-33-41(8)22-55-24-45(33,30(29)14-16-43(42,10)34(40)38(53)54)21-32(35(41)56-23-44(11,47)39(4,5)6)51-37(49-25-50-51)31-20-28(36(46)52)15-19-48-31/h14-15,19-20,25-27,29,32-35H,12-13,16-18,21-24,47H2,1-11H3,(H2,46,52)(H,53,54)/t27-,29+,32-,33+,34-,35+,40-,41-,42-,43+,44+,45+/m1/s1. The third-order valence-electron chi connectivity index (χ3n) is 17.5. The monoisotopic (exact) mass is 773 g/mol. The summed E-state index contributed by atoms with van der Waals surface area (Å²) in [6.07, 6.45) is 10.6. The minimum Gasteiger partial charge on any atom is -0.481 e. The summed E-state index contributed by atoms with van der Waals surface area (Å²) in [6, 6.07) is 3.03. The molecule has 2 aromatic heterocycles. The summed E-state index contributed by atoms with van der Waals surface area (Å²) in [4.78, 5) is 35.2. The molecule has 0 unspecified atom stereocenters. The number of amides is 1. The summed E-state index contributed by atoms with van der Waals surface area (Å²) >= 11 is 0. The van der Waals surface area contributed by atoms with Gasteiger partial charge in [0.25, 0.3) is 0 Å². The Hall–Kier alpha value is -3.15. The van der Waals surface area contributed by atoms with Crippen LogP contribution in [0.15, 0.2) is 36.3 Å². The lowest BCUT2D eigenvalue weighted by Gasteiger charge is -2.71. The molecule has 11 heteroatoms. The van der Waals surface area contributed by atoms with Crippen molar-refractivity contribution in [3.8, 4) is 11.5 Å². The van der Waals surface area contributed by atoms with E-state index in [1.165, 1.54) is 5.57 Å². The maximum absolute atomic E-state index is 13.6. The van der Waals surface area contributed by atoms with Crippen LogP contribution in [0.5, 0.6) is 0 Å². The zero-order valence-electron chi connectivity index (χ0n) is 35.8. The van der Waals surface area contributed by atoms with Gasteiger partial charge in [-0.05, 0) is 103 Å². The van der Waals surface area contributed by atoms with E-state index in [1.807, 2.05) is 4.68 Å². The summed E-state index contributed by atoms with van der Waals surface area (Å²) in [5.74, 6) is 0.0609. The molecule has 4 aliphatic carbocycles. The van der Waals surface area contributed by atoms with E-state index in [0.717, 1.165) is 32.1 Å². The third kappa shape index (κ3) is 5.78. The van der Waals surface area contributed by atoms with Gasteiger partial charge in [0, 0.05) is 28.1 Å². The van der Waals surface area contributed by atoms with Gasteiger partial charge in [0.1, 0.15) is 12.0 Å². The lowest BCUT2D eigenvalue weighted by atomic mass is 9.34. The van der Waals surface area contributed by atoms with Crippen LogP contribution >= 0.6 is 0 Å². The van der Waals surface area contributed by atoms with Gasteiger partial charge in [0.05, 0.1) is 37.9 Å². The fourth-order valence-corrected chi connectivity index (χ4v) is 13.0. The van der Waals surface area contributed by atoms with Crippen LogP contribution in [0.4, 0.5) is 0 Å². The first-order chi connectivity index (χ1) is 26.0. The second-order valence-corrected chi connectivity index (χ2v) is 21.3. The second kappa shape index (κ2) is 13.4. The van der Waals surface area contributed by atoms with E-state index < -0.39 is 34.2 Å². The molecule has 1 aliphatic heterocycles. The maximum Gasteiger partial charge on any atom is 0.307 e. The zero-order valence-corrected chi connectivity index (χ0v) is 35.8. The van der Waals surface area contributed by atoms with Crippen LogP contribution in [0.2, 0.25) is 0 Å². The van der Waals surface area contributed by atoms with Gasteiger partial charge in [-0.25, -0.2) is 9.67 Å². The fourth-order valence-electron chi connectivity index (χ4n) is 13.0. The number of carbonyl (C=O) groups is 2. The summed E-state index contributed by atoms with van der Waals surface area (Å²) < 4.78 is 16.0. The quantitative estimate of drug-likeness (QED) is 0.216. The Morgan fingerprint density at radius 1 is 1.05 bits per heavy atom. The number of fused-ring (bicyclic) bond motifs is 3. The predicted molar refractivity (Wildman–Crippen MR) is 216 cm³/mol. The Balaban J connectivity index is 1.36. The summed E-state index contributed by atoms with van der Waals surface area (Å²) in [7, 11) is 0. The molecule has 5 aliphatic rings. The van der Waals surface area contributed by atoms with Crippen LogP contribution in [0, 0.1) is 62.1 Å². The molecule has 0 radical (unpaired) electrons. The van der Waals surface area contributed by atoms with E-state index in [9.17, 15) is 14.7 Å². The number of pyridine rings is 1. The highest BCUT2D eigenvalue weighted by molar-refractivity contribution is 5.93. The number of aromatic nitrogens is 4. The van der Waals surface area contributed by atoms with Crippen LogP contribution in [-0.4, -0.2) is 68.2 Å². The molecule has 4 fully saturated rings. The minimum atomic E-state index is -0.654. The van der Waals surface area contributed by atoms with E-state index in [4.69, 9.17) is 31.0 Å².